The van der Waals surface area contributed by atoms with Crippen molar-refractivity contribution in [3.63, 3.8) is 0 Å². The van der Waals surface area contributed by atoms with E-state index in [2.05, 4.69) is 17.6 Å². The van der Waals surface area contributed by atoms with Crippen molar-refractivity contribution in [1.82, 2.24) is 10.6 Å². The van der Waals surface area contributed by atoms with Gasteiger partial charge in [-0.05, 0) is 17.5 Å². The standard InChI is InChI=1S/C17H20N2O/c1-2-16(15-11-7-4-8-12-15)19-17(20)18-13-14-9-5-3-6-10-14/h3-12,16H,2,13H2,1H3,(H2,18,19,20). The van der Waals surface area contributed by atoms with Crippen LogP contribution in [0.4, 0.5) is 4.79 Å². The summed E-state index contributed by atoms with van der Waals surface area (Å²) in [6.07, 6.45) is 0.864. The molecule has 20 heavy (non-hydrogen) atoms. The van der Waals surface area contributed by atoms with Crippen LogP contribution in [0.25, 0.3) is 0 Å². The van der Waals surface area contributed by atoms with E-state index < -0.39 is 0 Å². The third-order valence-corrected chi connectivity index (χ3v) is 3.21. The van der Waals surface area contributed by atoms with Gasteiger partial charge in [-0.2, -0.15) is 0 Å². The normalized spacial score (nSPS) is 11.7. The van der Waals surface area contributed by atoms with Gasteiger partial charge in [0.2, 0.25) is 0 Å². The van der Waals surface area contributed by atoms with Crippen molar-refractivity contribution >= 4 is 6.03 Å². The predicted molar refractivity (Wildman–Crippen MR) is 81.3 cm³/mol. The van der Waals surface area contributed by atoms with Crippen LogP contribution < -0.4 is 10.6 Å². The molecule has 0 fully saturated rings. The minimum Gasteiger partial charge on any atom is -0.334 e. The molecule has 0 saturated carbocycles. The number of carbonyl (C=O) groups excluding carboxylic acids is 1. The molecule has 2 aromatic rings. The van der Waals surface area contributed by atoms with Crippen molar-refractivity contribution in [2.24, 2.45) is 0 Å². The van der Waals surface area contributed by atoms with Gasteiger partial charge in [-0.15, -0.1) is 0 Å². The summed E-state index contributed by atoms with van der Waals surface area (Å²) in [5.41, 5.74) is 2.22. The van der Waals surface area contributed by atoms with Gasteiger partial charge in [0, 0.05) is 6.54 Å². The molecule has 0 aliphatic heterocycles. The van der Waals surface area contributed by atoms with Gasteiger partial charge in [0.25, 0.3) is 0 Å². The maximum Gasteiger partial charge on any atom is 0.315 e. The first-order chi connectivity index (χ1) is 9.79. The molecule has 0 radical (unpaired) electrons. The fraction of sp³-hybridized carbons (Fsp3) is 0.235. The molecular formula is C17H20N2O. The third kappa shape index (κ3) is 4.12. The Hall–Kier alpha value is -2.29. The van der Waals surface area contributed by atoms with Crippen LogP contribution in [0, 0.1) is 0 Å². The first-order valence-corrected chi connectivity index (χ1v) is 6.93. The van der Waals surface area contributed by atoms with Crippen LogP contribution in [0.3, 0.4) is 0 Å². The van der Waals surface area contributed by atoms with E-state index in [0.29, 0.717) is 6.54 Å². The maximum absolute atomic E-state index is 11.9. The van der Waals surface area contributed by atoms with Crippen molar-refractivity contribution in [3.05, 3.63) is 71.8 Å². The molecule has 3 nitrogen and oxygen atoms in total. The topological polar surface area (TPSA) is 41.1 Å². The smallest absolute Gasteiger partial charge is 0.315 e. The van der Waals surface area contributed by atoms with E-state index in [1.54, 1.807) is 0 Å². The Morgan fingerprint density at radius 2 is 1.60 bits per heavy atom. The van der Waals surface area contributed by atoms with Gasteiger partial charge in [0.1, 0.15) is 0 Å². The second-order valence-corrected chi connectivity index (χ2v) is 4.68. The second-order valence-electron chi connectivity index (χ2n) is 4.68. The molecule has 2 rings (SSSR count). The average Bonchev–Trinajstić information content (AvgIpc) is 2.52. The number of amides is 2. The molecule has 1 atom stereocenters. The SMILES string of the molecule is CCC(NC(=O)NCc1ccccc1)c1ccccc1. The maximum atomic E-state index is 11.9. The van der Waals surface area contributed by atoms with E-state index >= 15 is 0 Å². The van der Waals surface area contributed by atoms with Crippen LogP contribution in [0.5, 0.6) is 0 Å². The van der Waals surface area contributed by atoms with E-state index in [9.17, 15) is 4.79 Å². The lowest BCUT2D eigenvalue weighted by Gasteiger charge is -2.18. The molecule has 0 bridgehead atoms. The quantitative estimate of drug-likeness (QED) is 0.854. The van der Waals surface area contributed by atoms with E-state index in [-0.39, 0.29) is 12.1 Å². The fourth-order valence-corrected chi connectivity index (χ4v) is 2.09. The first kappa shape index (κ1) is 14.1. The zero-order valence-electron chi connectivity index (χ0n) is 11.7. The summed E-state index contributed by atoms with van der Waals surface area (Å²) < 4.78 is 0. The Morgan fingerprint density at radius 3 is 2.20 bits per heavy atom. The Morgan fingerprint density at radius 1 is 1.00 bits per heavy atom. The van der Waals surface area contributed by atoms with Crippen LogP contribution in [0.2, 0.25) is 0 Å². The molecule has 104 valence electrons. The van der Waals surface area contributed by atoms with Gasteiger partial charge in [0.15, 0.2) is 0 Å². The van der Waals surface area contributed by atoms with Gasteiger partial charge < -0.3 is 10.6 Å². The molecule has 2 amide bonds. The third-order valence-electron chi connectivity index (χ3n) is 3.21. The summed E-state index contributed by atoms with van der Waals surface area (Å²) in [4.78, 5) is 11.9. The summed E-state index contributed by atoms with van der Waals surface area (Å²) in [7, 11) is 0. The predicted octanol–water partition coefficient (Wildman–Crippen LogP) is 3.64. The Balaban J connectivity index is 1.87. The van der Waals surface area contributed by atoms with Crippen LogP contribution >= 0.6 is 0 Å². The lowest BCUT2D eigenvalue weighted by atomic mass is 10.1. The number of nitrogens with one attached hydrogen (secondary N) is 2. The molecule has 0 spiro atoms. The van der Waals surface area contributed by atoms with Crippen LogP contribution in [-0.2, 0) is 6.54 Å². The molecule has 0 aromatic heterocycles. The Kier molecular flexibility index (Phi) is 5.18. The summed E-state index contributed by atoms with van der Waals surface area (Å²) in [6.45, 7) is 2.60. The number of carbonyl (C=O) groups is 1. The summed E-state index contributed by atoms with van der Waals surface area (Å²) in [6, 6.07) is 19.8. The highest BCUT2D eigenvalue weighted by atomic mass is 16.2. The van der Waals surface area contributed by atoms with Crippen LogP contribution in [0.1, 0.15) is 30.5 Å². The summed E-state index contributed by atoms with van der Waals surface area (Å²) >= 11 is 0. The zero-order chi connectivity index (χ0) is 14.2. The van der Waals surface area contributed by atoms with Crippen molar-refractivity contribution in [3.8, 4) is 0 Å². The van der Waals surface area contributed by atoms with E-state index in [4.69, 9.17) is 0 Å². The lowest BCUT2D eigenvalue weighted by Crippen LogP contribution is -2.37. The highest BCUT2D eigenvalue weighted by Gasteiger charge is 2.11. The zero-order valence-corrected chi connectivity index (χ0v) is 11.7. The van der Waals surface area contributed by atoms with Gasteiger partial charge in [-0.1, -0.05) is 67.6 Å². The minimum atomic E-state index is -0.135. The second kappa shape index (κ2) is 7.34. The molecule has 0 aliphatic carbocycles. The molecule has 0 saturated heterocycles. The van der Waals surface area contributed by atoms with Crippen molar-refractivity contribution in [1.29, 1.82) is 0 Å². The Bertz CT molecular complexity index is 525. The lowest BCUT2D eigenvalue weighted by molar-refractivity contribution is 0.236. The highest BCUT2D eigenvalue weighted by Crippen LogP contribution is 2.15. The number of urea groups is 1. The van der Waals surface area contributed by atoms with Crippen molar-refractivity contribution in [2.75, 3.05) is 0 Å². The van der Waals surface area contributed by atoms with Crippen molar-refractivity contribution < 1.29 is 4.79 Å². The van der Waals surface area contributed by atoms with Crippen molar-refractivity contribution in [2.45, 2.75) is 25.9 Å². The van der Waals surface area contributed by atoms with E-state index in [1.165, 1.54) is 0 Å². The minimum absolute atomic E-state index is 0.0481. The monoisotopic (exact) mass is 268 g/mol. The summed E-state index contributed by atoms with van der Waals surface area (Å²) in [5.74, 6) is 0. The molecule has 2 N–H and O–H groups in total. The molecular weight excluding hydrogens is 248 g/mol. The number of rotatable bonds is 5. The highest BCUT2D eigenvalue weighted by molar-refractivity contribution is 5.74. The first-order valence-electron chi connectivity index (χ1n) is 6.93. The molecule has 1 unspecified atom stereocenters. The molecule has 2 aromatic carbocycles. The van der Waals surface area contributed by atoms with Gasteiger partial charge in [-0.25, -0.2) is 4.79 Å². The fourth-order valence-electron chi connectivity index (χ4n) is 2.09. The van der Waals surface area contributed by atoms with E-state index in [1.807, 2.05) is 60.7 Å². The van der Waals surface area contributed by atoms with Gasteiger partial charge in [0.05, 0.1) is 6.04 Å². The molecule has 3 heteroatoms. The average molecular weight is 268 g/mol. The molecule has 0 aliphatic rings. The van der Waals surface area contributed by atoms with Gasteiger partial charge >= 0.3 is 6.03 Å². The largest absolute Gasteiger partial charge is 0.334 e. The van der Waals surface area contributed by atoms with Crippen LogP contribution in [-0.4, -0.2) is 6.03 Å². The number of benzene rings is 2. The number of hydrogen-bond acceptors (Lipinski definition) is 1. The Labute approximate surface area is 120 Å². The van der Waals surface area contributed by atoms with E-state index in [0.717, 1.165) is 17.5 Å². The summed E-state index contributed by atoms with van der Waals surface area (Å²) in [5, 5.41) is 5.89. The molecule has 0 heterocycles. The van der Waals surface area contributed by atoms with Gasteiger partial charge in [-0.3, -0.25) is 0 Å². The number of hydrogen-bond donors (Lipinski definition) is 2. The van der Waals surface area contributed by atoms with Crippen LogP contribution in [0.15, 0.2) is 60.7 Å².